The van der Waals surface area contributed by atoms with Crippen molar-refractivity contribution in [2.45, 2.75) is 0 Å². The number of furan rings is 1. The Kier molecular flexibility index (Phi) is 7.43. The molecule has 53 heavy (non-hydrogen) atoms. The molecule has 0 amide bonds. The fourth-order valence-electron chi connectivity index (χ4n) is 7.26. The van der Waals surface area contributed by atoms with E-state index >= 15 is 0 Å². The lowest BCUT2D eigenvalue weighted by molar-refractivity contribution is 0.673. The van der Waals surface area contributed by atoms with Gasteiger partial charge in [-0.2, -0.15) is 0 Å². The van der Waals surface area contributed by atoms with Gasteiger partial charge in [0, 0.05) is 32.8 Å². The van der Waals surface area contributed by atoms with E-state index in [0.717, 1.165) is 71.7 Å². The first-order chi connectivity index (χ1) is 26.2. The minimum absolute atomic E-state index is 0.638. The second-order valence-electron chi connectivity index (χ2n) is 13.2. The van der Waals surface area contributed by atoms with Gasteiger partial charge < -0.3 is 4.42 Å². The van der Waals surface area contributed by atoms with Crippen molar-refractivity contribution in [3.8, 4) is 67.5 Å². The second kappa shape index (κ2) is 12.9. The van der Waals surface area contributed by atoms with Crippen LogP contribution in [0.25, 0.3) is 100 Å². The van der Waals surface area contributed by atoms with Gasteiger partial charge in [-0.1, -0.05) is 164 Å². The van der Waals surface area contributed by atoms with Crippen molar-refractivity contribution < 1.29 is 4.42 Å². The van der Waals surface area contributed by atoms with Crippen molar-refractivity contribution in [3.63, 3.8) is 0 Å². The average Bonchev–Trinajstić information content (AvgIpc) is 3.64. The highest BCUT2D eigenvalue weighted by atomic mass is 16.3. The zero-order chi connectivity index (χ0) is 35.1. The summed E-state index contributed by atoms with van der Waals surface area (Å²) in [6, 6.07) is 65.2. The zero-order valence-corrected chi connectivity index (χ0v) is 28.6. The highest BCUT2D eigenvalue weighted by Gasteiger charge is 2.18. The summed E-state index contributed by atoms with van der Waals surface area (Å²) in [6.45, 7) is 0. The van der Waals surface area contributed by atoms with Crippen molar-refractivity contribution >= 4 is 32.7 Å². The molecule has 4 heteroatoms. The SMILES string of the molecule is c1ccc(-c2ccc3cc(-c4cccc(-c5ccc(-c6nc(-c7ccccc7)nc(-c7ccccc7)n6)cc5)c4)c4c5ccccc5oc4c3c2)cc1. The highest BCUT2D eigenvalue weighted by Crippen LogP contribution is 2.43. The molecule has 2 aromatic heterocycles. The van der Waals surface area contributed by atoms with E-state index in [2.05, 4.69) is 121 Å². The van der Waals surface area contributed by atoms with Crippen LogP contribution in [0.1, 0.15) is 0 Å². The van der Waals surface area contributed by atoms with E-state index in [0.29, 0.717) is 17.5 Å². The molecule has 248 valence electrons. The zero-order valence-electron chi connectivity index (χ0n) is 28.6. The Hall–Kier alpha value is -7.17. The number of rotatable bonds is 6. The third-order valence-electron chi connectivity index (χ3n) is 9.92. The number of nitrogens with zero attached hydrogens (tertiary/aromatic N) is 3. The molecule has 0 N–H and O–H groups in total. The largest absolute Gasteiger partial charge is 0.455 e. The Balaban J connectivity index is 1.06. The van der Waals surface area contributed by atoms with Crippen LogP contribution >= 0.6 is 0 Å². The van der Waals surface area contributed by atoms with Gasteiger partial charge in [-0.05, 0) is 63.0 Å². The van der Waals surface area contributed by atoms with Gasteiger partial charge in [0.05, 0.1) is 0 Å². The lowest BCUT2D eigenvalue weighted by Gasteiger charge is -2.12. The number of fused-ring (bicyclic) bond motifs is 5. The molecule has 8 aromatic carbocycles. The van der Waals surface area contributed by atoms with Gasteiger partial charge in [0.25, 0.3) is 0 Å². The van der Waals surface area contributed by atoms with Crippen molar-refractivity contribution in [2.75, 3.05) is 0 Å². The maximum Gasteiger partial charge on any atom is 0.164 e. The van der Waals surface area contributed by atoms with Crippen LogP contribution in [-0.2, 0) is 0 Å². The van der Waals surface area contributed by atoms with Crippen LogP contribution in [0.5, 0.6) is 0 Å². The molecule has 0 aliphatic heterocycles. The fraction of sp³-hybridized carbons (Fsp3) is 0. The smallest absolute Gasteiger partial charge is 0.164 e. The molecular weight excluding hydrogens is 647 g/mol. The van der Waals surface area contributed by atoms with Crippen LogP contribution in [0.15, 0.2) is 192 Å². The molecule has 10 aromatic rings. The Bertz CT molecular complexity index is 2860. The van der Waals surface area contributed by atoms with Gasteiger partial charge >= 0.3 is 0 Å². The van der Waals surface area contributed by atoms with Crippen LogP contribution in [-0.4, -0.2) is 15.0 Å². The molecule has 0 bridgehead atoms. The summed E-state index contributed by atoms with van der Waals surface area (Å²) in [7, 11) is 0. The van der Waals surface area contributed by atoms with Crippen molar-refractivity contribution in [3.05, 3.63) is 188 Å². The maximum atomic E-state index is 6.65. The molecule has 10 rings (SSSR count). The van der Waals surface area contributed by atoms with Crippen molar-refractivity contribution in [1.29, 1.82) is 0 Å². The molecule has 2 heterocycles. The van der Waals surface area contributed by atoms with Gasteiger partial charge in [-0.15, -0.1) is 0 Å². The van der Waals surface area contributed by atoms with Gasteiger partial charge in [0.2, 0.25) is 0 Å². The molecule has 0 saturated carbocycles. The van der Waals surface area contributed by atoms with Gasteiger partial charge in [0.1, 0.15) is 11.2 Å². The van der Waals surface area contributed by atoms with Crippen LogP contribution in [0.4, 0.5) is 0 Å². The normalized spacial score (nSPS) is 11.4. The van der Waals surface area contributed by atoms with Crippen LogP contribution < -0.4 is 0 Å². The summed E-state index contributed by atoms with van der Waals surface area (Å²) in [5.41, 5.74) is 11.5. The number of para-hydroxylation sites is 1. The third kappa shape index (κ3) is 5.63. The molecule has 0 atom stereocenters. The van der Waals surface area contributed by atoms with Crippen molar-refractivity contribution in [2.24, 2.45) is 0 Å². The standard InChI is InChI=1S/C49H31N3O/c1-4-13-32(14-5-1)38-27-28-40-31-42(45-41-21-10-11-22-44(41)53-46(45)43(40)30-38)39-20-12-19-37(29-39)33-23-25-36(26-24-33)49-51-47(34-15-6-2-7-16-34)50-48(52-49)35-17-8-3-9-18-35/h1-31H. The topological polar surface area (TPSA) is 51.8 Å². The van der Waals surface area contributed by atoms with Gasteiger partial charge in [-0.25, -0.2) is 15.0 Å². The molecule has 0 saturated heterocycles. The van der Waals surface area contributed by atoms with E-state index in [-0.39, 0.29) is 0 Å². The molecule has 0 aliphatic carbocycles. The minimum Gasteiger partial charge on any atom is -0.455 e. The van der Waals surface area contributed by atoms with E-state index < -0.39 is 0 Å². The van der Waals surface area contributed by atoms with Gasteiger partial charge in [-0.3, -0.25) is 0 Å². The Morgan fingerprint density at radius 1 is 0.321 bits per heavy atom. The average molecular weight is 678 g/mol. The number of aromatic nitrogens is 3. The number of benzene rings is 8. The first-order valence-electron chi connectivity index (χ1n) is 17.8. The third-order valence-corrected chi connectivity index (χ3v) is 9.92. The summed E-state index contributed by atoms with van der Waals surface area (Å²) in [6.07, 6.45) is 0. The van der Waals surface area contributed by atoms with Gasteiger partial charge in [0.15, 0.2) is 17.5 Å². The second-order valence-corrected chi connectivity index (χ2v) is 13.2. The first kappa shape index (κ1) is 30.6. The van der Waals surface area contributed by atoms with E-state index in [1.807, 2.05) is 66.7 Å². The minimum atomic E-state index is 0.638. The number of hydrogen-bond acceptors (Lipinski definition) is 4. The molecule has 0 radical (unpaired) electrons. The fourth-order valence-corrected chi connectivity index (χ4v) is 7.26. The van der Waals surface area contributed by atoms with Crippen LogP contribution in [0, 0.1) is 0 Å². The predicted molar refractivity (Wildman–Crippen MR) is 217 cm³/mol. The molecule has 0 unspecified atom stereocenters. The highest BCUT2D eigenvalue weighted by molar-refractivity contribution is 6.21. The Morgan fingerprint density at radius 3 is 1.45 bits per heavy atom. The number of hydrogen-bond donors (Lipinski definition) is 0. The molecule has 4 nitrogen and oxygen atoms in total. The first-order valence-corrected chi connectivity index (χ1v) is 17.8. The van der Waals surface area contributed by atoms with Crippen LogP contribution in [0.2, 0.25) is 0 Å². The molecule has 0 spiro atoms. The molecule has 0 fully saturated rings. The summed E-state index contributed by atoms with van der Waals surface area (Å²) in [5, 5.41) is 4.49. The van der Waals surface area contributed by atoms with E-state index in [9.17, 15) is 0 Å². The lowest BCUT2D eigenvalue weighted by Crippen LogP contribution is -2.00. The maximum absolute atomic E-state index is 6.65. The van der Waals surface area contributed by atoms with E-state index in [1.54, 1.807) is 0 Å². The Labute approximate surface area is 306 Å². The molecule has 0 aliphatic rings. The summed E-state index contributed by atoms with van der Waals surface area (Å²) in [5.74, 6) is 1.94. The Morgan fingerprint density at radius 2 is 0.792 bits per heavy atom. The summed E-state index contributed by atoms with van der Waals surface area (Å²) in [4.78, 5) is 14.7. The van der Waals surface area contributed by atoms with Crippen LogP contribution in [0.3, 0.4) is 0 Å². The van der Waals surface area contributed by atoms with Crippen molar-refractivity contribution in [1.82, 2.24) is 15.0 Å². The quantitative estimate of drug-likeness (QED) is 0.176. The summed E-state index contributed by atoms with van der Waals surface area (Å²) >= 11 is 0. The molecular formula is C49H31N3O. The lowest BCUT2D eigenvalue weighted by atomic mass is 9.92. The monoisotopic (exact) mass is 677 g/mol. The summed E-state index contributed by atoms with van der Waals surface area (Å²) < 4.78 is 6.65. The predicted octanol–water partition coefficient (Wildman–Crippen LogP) is 12.9. The van der Waals surface area contributed by atoms with E-state index in [1.165, 1.54) is 11.1 Å². The van der Waals surface area contributed by atoms with E-state index in [4.69, 9.17) is 19.4 Å².